The van der Waals surface area contributed by atoms with Gasteiger partial charge in [-0.15, -0.1) is 0 Å². The van der Waals surface area contributed by atoms with Crippen LogP contribution in [0.3, 0.4) is 0 Å². The number of methoxy groups -OCH3 is 4. The van der Waals surface area contributed by atoms with E-state index in [1.807, 2.05) is 343 Å². The second kappa shape index (κ2) is 115. The molecular weight excluding hydrogens is 1600 g/mol. The summed E-state index contributed by atoms with van der Waals surface area (Å²) in [5.41, 5.74) is -2.80. The Morgan fingerprint density at radius 1 is 0.195 bits per heavy atom. The molecule has 0 unspecified atom stereocenters. The van der Waals surface area contributed by atoms with Crippen LogP contribution < -0.4 is 0 Å². The Kier molecular flexibility index (Phi) is 139. The molecule has 0 amide bonds. The zero-order chi connectivity index (χ0) is 99.6. The summed E-state index contributed by atoms with van der Waals surface area (Å²) in [6, 6.07) is 81.7. The summed E-state index contributed by atoms with van der Waals surface area (Å²) in [5, 5.41) is 0. The van der Waals surface area contributed by atoms with Gasteiger partial charge in [-0.2, -0.15) is 26.3 Å². The molecule has 10 rings (SSSR count). The second-order valence-electron chi connectivity index (χ2n) is 18.5. The van der Waals surface area contributed by atoms with Crippen molar-refractivity contribution in [2.45, 2.75) is 259 Å². The van der Waals surface area contributed by atoms with Crippen LogP contribution >= 0.6 is 0 Å². The molecule has 18 heteroatoms. The van der Waals surface area contributed by atoms with Crippen LogP contribution in [0.15, 0.2) is 323 Å². The minimum Gasteiger partial charge on any atom is -0.388 e. The number of carbonyl (C=O) groups is 2. The first kappa shape index (κ1) is 148. The Balaban J connectivity index is -0.0000000819. The third-order valence-corrected chi connectivity index (χ3v) is 15.2. The van der Waals surface area contributed by atoms with Gasteiger partial charge >= 0.3 is 12.4 Å². The van der Waals surface area contributed by atoms with E-state index in [0.29, 0.717) is 19.6 Å². The topological polar surface area (TPSA) is 139 Å². The minimum absolute atomic E-state index is 0.0752. The molecule has 0 radical (unpaired) electrons. The SMILES string of the molecule is CC.CC.CC.CC.CC.CC.CC.CC.CC.CC.CC.CC.CC.CC.CC.CC.COC.COC.COC.COC.FC(F)(F)C(c1ccccc1)(c1ccccc1)C(F)(F)F.O=C(c1ccccc1)c1ccccc1.O=C(c1ccccc1)c1ccccc1.O=S(=O)(c1ccccc1)c1ccccc1.O=S(=O)(c1ccccc1)c1ccccc1. The third kappa shape index (κ3) is 69.9. The maximum absolute atomic E-state index is 13.5. The highest BCUT2D eigenvalue weighted by molar-refractivity contribution is 7.91. The predicted molar refractivity (Wildman–Crippen MR) is 528 cm³/mol. The number of carbonyl (C=O) groups excluding carboxylic acids is 2. The predicted octanol–water partition coefficient (Wildman–Crippen LogP) is 33.4. The normalized spacial score (nSPS) is 8.57. The van der Waals surface area contributed by atoms with Gasteiger partial charge in [0, 0.05) is 79.1 Å². The Morgan fingerprint density at radius 3 is 0.398 bits per heavy atom. The Labute approximate surface area is 751 Å². The van der Waals surface area contributed by atoms with Gasteiger partial charge in [0.15, 0.2) is 11.6 Å². The lowest BCUT2D eigenvalue weighted by molar-refractivity contribution is -0.288. The fourth-order valence-corrected chi connectivity index (χ4v) is 10.3. The molecule has 0 saturated carbocycles. The highest BCUT2D eigenvalue weighted by Crippen LogP contribution is 2.56. The molecule has 0 aliphatic rings. The maximum Gasteiger partial charge on any atom is 0.411 e. The van der Waals surface area contributed by atoms with E-state index in [1.165, 1.54) is 12.1 Å². The van der Waals surface area contributed by atoms with Crippen molar-refractivity contribution in [2.75, 3.05) is 56.9 Å². The molecule has 123 heavy (non-hydrogen) atoms. The molecule has 0 aromatic heterocycles. The third-order valence-electron chi connectivity index (χ3n) is 11.6. The van der Waals surface area contributed by atoms with Crippen LogP contribution in [-0.2, 0) is 44.0 Å². The van der Waals surface area contributed by atoms with Crippen LogP contribution in [0.1, 0.15) is 265 Å². The van der Waals surface area contributed by atoms with Crippen molar-refractivity contribution in [3.63, 3.8) is 0 Å². The summed E-state index contributed by atoms with van der Waals surface area (Å²) in [6.07, 6.45) is -11.0. The highest BCUT2D eigenvalue weighted by Gasteiger charge is 2.72. The van der Waals surface area contributed by atoms with Crippen LogP contribution in [-0.4, -0.2) is 97.6 Å². The number of halogens is 6. The maximum atomic E-state index is 13.5. The fourth-order valence-electron chi connectivity index (χ4n) is 7.72. The molecule has 10 aromatic carbocycles. The van der Waals surface area contributed by atoms with Gasteiger partial charge < -0.3 is 18.9 Å². The molecule has 10 nitrogen and oxygen atoms in total. The molecule has 0 N–H and O–H groups in total. The van der Waals surface area contributed by atoms with Gasteiger partial charge in [-0.05, 0) is 59.7 Å². The molecule has 0 spiro atoms. The lowest BCUT2D eigenvalue weighted by atomic mass is 9.73. The minimum atomic E-state index is -5.52. The number of hydrogen-bond acceptors (Lipinski definition) is 10. The molecule has 0 aliphatic heterocycles. The van der Waals surface area contributed by atoms with Crippen LogP contribution in [0.5, 0.6) is 0 Å². The van der Waals surface area contributed by atoms with E-state index in [4.69, 9.17) is 0 Å². The van der Waals surface area contributed by atoms with Gasteiger partial charge in [-0.3, -0.25) is 9.59 Å². The van der Waals surface area contributed by atoms with Gasteiger partial charge in [0.1, 0.15) is 0 Å². The van der Waals surface area contributed by atoms with Gasteiger partial charge in [0.05, 0.1) is 19.6 Å². The smallest absolute Gasteiger partial charge is 0.388 e. The van der Waals surface area contributed by atoms with Crippen molar-refractivity contribution in [2.24, 2.45) is 0 Å². The van der Waals surface area contributed by atoms with Crippen molar-refractivity contribution in [1.82, 2.24) is 0 Å². The Hall–Kier alpha value is -9.14. The monoisotopic (exact) mass is 1770 g/mol. The summed E-state index contributed by atoms with van der Waals surface area (Å²) in [4.78, 5) is 25.0. The van der Waals surface area contributed by atoms with Crippen molar-refractivity contribution < 1.29 is 71.7 Å². The van der Waals surface area contributed by atoms with E-state index >= 15 is 0 Å². The fraction of sp³-hybridized carbons (Fsp3) is 0.410. The first-order valence-corrected chi connectivity index (χ1v) is 46.4. The Bertz CT molecular complexity index is 3310. The average Bonchev–Trinajstić information content (AvgIpc) is 0.719. The van der Waals surface area contributed by atoms with Gasteiger partial charge in [0.2, 0.25) is 25.1 Å². The lowest BCUT2D eigenvalue weighted by Gasteiger charge is -2.38. The first-order valence-electron chi connectivity index (χ1n) is 43.4. The summed E-state index contributed by atoms with van der Waals surface area (Å²) in [6.45, 7) is 64.0. The number of ketones is 2. The van der Waals surface area contributed by atoms with Crippen LogP contribution in [0.4, 0.5) is 26.3 Å². The van der Waals surface area contributed by atoms with E-state index in [2.05, 4.69) is 18.9 Å². The average molecular weight is 1770 g/mol. The molecular formula is C105H170F6O10S2. The molecule has 0 atom stereocenters. The van der Waals surface area contributed by atoms with E-state index in [9.17, 15) is 52.8 Å². The Morgan fingerprint density at radius 2 is 0.293 bits per heavy atom. The summed E-state index contributed by atoms with van der Waals surface area (Å²) in [5.74, 6) is 0.150. The van der Waals surface area contributed by atoms with Crippen LogP contribution in [0.25, 0.3) is 0 Å². The molecule has 0 bridgehead atoms. The molecule has 0 heterocycles. The van der Waals surface area contributed by atoms with Crippen molar-refractivity contribution in [3.8, 4) is 0 Å². The molecule has 0 fully saturated rings. The van der Waals surface area contributed by atoms with Crippen LogP contribution in [0.2, 0.25) is 0 Å². The van der Waals surface area contributed by atoms with Crippen molar-refractivity contribution in [3.05, 3.63) is 337 Å². The van der Waals surface area contributed by atoms with E-state index in [-0.39, 0.29) is 11.6 Å². The van der Waals surface area contributed by atoms with Crippen LogP contribution in [0, 0.1) is 0 Å². The molecule has 0 aliphatic carbocycles. The zero-order valence-corrected chi connectivity index (χ0v) is 85.2. The summed E-state index contributed by atoms with van der Waals surface area (Å²) in [7, 11) is 6.32. The largest absolute Gasteiger partial charge is 0.411 e. The number of ether oxygens (including phenoxy) is 4. The number of hydrogen-bond donors (Lipinski definition) is 0. The van der Waals surface area contributed by atoms with E-state index < -0.39 is 48.6 Å². The molecule has 704 valence electrons. The number of benzene rings is 10. The quantitative estimate of drug-likeness (QED) is 0.0960. The van der Waals surface area contributed by atoms with E-state index in [0.717, 1.165) is 70.8 Å². The second-order valence-corrected chi connectivity index (χ2v) is 22.4. The summed E-state index contributed by atoms with van der Waals surface area (Å²) < 4.78 is 146. The zero-order valence-electron chi connectivity index (χ0n) is 83.5. The molecule has 10 aromatic rings. The number of sulfone groups is 2. The van der Waals surface area contributed by atoms with E-state index in [1.54, 1.807) is 178 Å². The number of alkyl halides is 6. The standard InChI is InChI=1S/C15H10F6.2C13H10O.2C12H10O2S.4C2H6O.16C2H6/c16-14(17,18)13(15(19,20)21,11-7-3-1-4-8-11)12-9-5-2-6-10-12;2*14-13(11-7-3-1-4-8-11)12-9-5-2-6-10-12;2*13-15(14,11-7-3-1-4-8-11)12-9-5-2-6-10-12;4*1-3-2;16*1-2/h1-10H;2*1-10H;2*1-10H;4*1-2H3;16*1-2H3. The lowest BCUT2D eigenvalue weighted by Crippen LogP contribution is -2.54. The number of rotatable bonds is 10. The summed E-state index contributed by atoms with van der Waals surface area (Å²) >= 11 is 0. The first-order chi connectivity index (χ1) is 59.5. The van der Waals surface area contributed by atoms with Gasteiger partial charge in [-0.1, -0.05) is 476 Å². The van der Waals surface area contributed by atoms with Crippen molar-refractivity contribution >= 4 is 31.2 Å². The molecule has 0 saturated heterocycles. The van der Waals surface area contributed by atoms with Gasteiger partial charge in [-0.25, -0.2) is 16.8 Å². The van der Waals surface area contributed by atoms with Gasteiger partial charge in [0.25, 0.3) is 0 Å². The highest BCUT2D eigenvalue weighted by atomic mass is 32.2. The van der Waals surface area contributed by atoms with Crippen molar-refractivity contribution in [1.29, 1.82) is 0 Å².